The first-order valence-electron chi connectivity index (χ1n) is 8.38. The predicted octanol–water partition coefficient (Wildman–Crippen LogP) is 3.52. The van der Waals surface area contributed by atoms with Crippen LogP contribution >= 0.6 is 0 Å². The second kappa shape index (κ2) is 7.49. The Labute approximate surface area is 144 Å². The normalized spacial score (nSPS) is 13.0. The second-order valence-electron chi connectivity index (χ2n) is 6.36. The van der Waals surface area contributed by atoms with E-state index in [1.807, 2.05) is 24.4 Å². The van der Waals surface area contributed by atoms with Gasteiger partial charge in [-0.15, -0.1) is 0 Å². The van der Waals surface area contributed by atoms with Crippen LogP contribution in [-0.4, -0.2) is 45.4 Å². The van der Waals surface area contributed by atoms with E-state index < -0.39 is 0 Å². The molecular formula is C20H25N3O. The Bertz CT molecular complexity index is 738. The number of anilines is 2. The second-order valence-corrected chi connectivity index (χ2v) is 6.36. The fraction of sp³-hybridized carbons (Fsp3) is 0.350. The fourth-order valence-electron chi connectivity index (χ4n) is 3.03. The zero-order chi connectivity index (χ0) is 16.9. The number of benzene rings is 2. The van der Waals surface area contributed by atoms with Crippen LogP contribution in [0.4, 0.5) is 11.4 Å². The summed E-state index contributed by atoms with van der Waals surface area (Å²) in [6.45, 7) is 1.94. The van der Waals surface area contributed by atoms with Gasteiger partial charge < -0.3 is 15.0 Å². The van der Waals surface area contributed by atoms with Crippen molar-refractivity contribution in [3.05, 3.63) is 53.1 Å². The molecule has 0 spiro atoms. The van der Waals surface area contributed by atoms with Crippen molar-refractivity contribution < 1.29 is 4.74 Å². The number of rotatable bonds is 6. The number of nitrogens with zero attached hydrogens (tertiary/aromatic N) is 2. The minimum Gasteiger partial charge on any atom is -0.497 e. The smallest absolute Gasteiger partial charge is 0.120 e. The van der Waals surface area contributed by atoms with E-state index in [1.54, 1.807) is 7.11 Å². The van der Waals surface area contributed by atoms with Gasteiger partial charge in [-0.3, -0.25) is 4.99 Å². The first-order chi connectivity index (χ1) is 11.7. The van der Waals surface area contributed by atoms with Crippen molar-refractivity contribution in [2.45, 2.75) is 12.8 Å². The molecule has 0 bridgehead atoms. The van der Waals surface area contributed by atoms with Gasteiger partial charge in [-0.2, -0.15) is 0 Å². The maximum atomic E-state index is 5.31. The molecule has 0 fully saturated rings. The summed E-state index contributed by atoms with van der Waals surface area (Å²) >= 11 is 0. The molecule has 3 rings (SSSR count). The number of hydrogen-bond donors (Lipinski definition) is 1. The molecule has 0 radical (unpaired) electrons. The van der Waals surface area contributed by atoms with E-state index in [0.29, 0.717) is 0 Å². The number of methoxy groups -OCH3 is 1. The Hall–Kier alpha value is -2.33. The van der Waals surface area contributed by atoms with Crippen LogP contribution in [0.15, 0.2) is 41.4 Å². The predicted molar refractivity (Wildman–Crippen MR) is 101 cm³/mol. The lowest BCUT2D eigenvalue weighted by Crippen LogP contribution is -2.17. The fourth-order valence-corrected chi connectivity index (χ4v) is 3.03. The molecule has 24 heavy (non-hydrogen) atoms. The molecule has 0 saturated carbocycles. The van der Waals surface area contributed by atoms with Gasteiger partial charge in [0.2, 0.25) is 0 Å². The van der Waals surface area contributed by atoms with Crippen LogP contribution in [-0.2, 0) is 12.8 Å². The van der Waals surface area contributed by atoms with Crippen molar-refractivity contribution in [1.82, 2.24) is 4.90 Å². The summed E-state index contributed by atoms with van der Waals surface area (Å²) < 4.78 is 5.31. The largest absolute Gasteiger partial charge is 0.497 e. The summed E-state index contributed by atoms with van der Waals surface area (Å²) in [7, 11) is 5.92. The highest BCUT2D eigenvalue weighted by molar-refractivity contribution is 5.92. The van der Waals surface area contributed by atoms with Crippen LogP contribution < -0.4 is 10.1 Å². The molecule has 1 aliphatic rings. The van der Waals surface area contributed by atoms with E-state index in [0.717, 1.165) is 43.1 Å². The molecule has 4 heteroatoms. The highest BCUT2D eigenvalue weighted by atomic mass is 16.5. The molecule has 1 N–H and O–H groups in total. The van der Waals surface area contributed by atoms with Gasteiger partial charge in [0, 0.05) is 42.3 Å². The molecule has 0 saturated heterocycles. The molecule has 0 atom stereocenters. The summed E-state index contributed by atoms with van der Waals surface area (Å²) in [5, 5.41) is 3.52. The third-order valence-corrected chi connectivity index (χ3v) is 4.34. The summed E-state index contributed by atoms with van der Waals surface area (Å²) in [6, 6.07) is 12.4. The van der Waals surface area contributed by atoms with Gasteiger partial charge in [-0.05, 0) is 56.3 Å². The number of likely N-dealkylation sites (N-methyl/N-ethyl adjacent to an activating group) is 1. The molecule has 4 nitrogen and oxygen atoms in total. The monoisotopic (exact) mass is 323 g/mol. The van der Waals surface area contributed by atoms with Gasteiger partial charge in [0.1, 0.15) is 5.75 Å². The quantitative estimate of drug-likeness (QED) is 0.884. The SMILES string of the molecule is COc1cccc(Nc2ccc(CCN(C)C)c3c2C=NCC3)c1. The Morgan fingerprint density at radius 1 is 1.21 bits per heavy atom. The van der Waals surface area contributed by atoms with Gasteiger partial charge in [-0.1, -0.05) is 12.1 Å². The molecule has 1 heterocycles. The number of nitrogens with one attached hydrogen (secondary N) is 1. The molecule has 0 unspecified atom stereocenters. The van der Waals surface area contributed by atoms with E-state index in [2.05, 4.69) is 47.5 Å². The molecular weight excluding hydrogens is 298 g/mol. The summed E-state index contributed by atoms with van der Waals surface area (Å²) in [5.41, 5.74) is 6.22. The zero-order valence-corrected chi connectivity index (χ0v) is 14.7. The van der Waals surface area contributed by atoms with E-state index >= 15 is 0 Å². The lowest BCUT2D eigenvalue weighted by atomic mass is 9.93. The van der Waals surface area contributed by atoms with Gasteiger partial charge in [-0.25, -0.2) is 0 Å². The van der Waals surface area contributed by atoms with Gasteiger partial charge in [0.05, 0.1) is 7.11 Å². The summed E-state index contributed by atoms with van der Waals surface area (Å²) in [4.78, 5) is 6.72. The third-order valence-electron chi connectivity index (χ3n) is 4.34. The number of ether oxygens (including phenoxy) is 1. The highest BCUT2D eigenvalue weighted by Crippen LogP contribution is 2.29. The molecule has 0 aliphatic carbocycles. The maximum absolute atomic E-state index is 5.31. The Morgan fingerprint density at radius 3 is 2.88 bits per heavy atom. The van der Waals surface area contributed by atoms with Crippen LogP contribution in [0.3, 0.4) is 0 Å². The van der Waals surface area contributed by atoms with E-state index in [9.17, 15) is 0 Å². The topological polar surface area (TPSA) is 36.9 Å². The average molecular weight is 323 g/mol. The van der Waals surface area contributed by atoms with E-state index in [4.69, 9.17) is 4.74 Å². The van der Waals surface area contributed by atoms with Crippen molar-refractivity contribution in [2.75, 3.05) is 39.6 Å². The Morgan fingerprint density at radius 2 is 2.08 bits per heavy atom. The van der Waals surface area contributed by atoms with Gasteiger partial charge >= 0.3 is 0 Å². The number of fused-ring (bicyclic) bond motifs is 1. The van der Waals surface area contributed by atoms with Crippen molar-refractivity contribution in [2.24, 2.45) is 4.99 Å². The average Bonchev–Trinajstić information content (AvgIpc) is 2.61. The molecule has 0 amide bonds. The summed E-state index contributed by atoms with van der Waals surface area (Å²) in [5.74, 6) is 0.852. The maximum Gasteiger partial charge on any atom is 0.120 e. The molecule has 0 aromatic heterocycles. The molecule has 2 aromatic carbocycles. The van der Waals surface area contributed by atoms with Crippen molar-refractivity contribution in [3.8, 4) is 5.75 Å². The zero-order valence-electron chi connectivity index (χ0n) is 14.7. The number of aliphatic imine (C=N–C) groups is 1. The Kier molecular flexibility index (Phi) is 5.16. The van der Waals surface area contributed by atoms with E-state index in [-0.39, 0.29) is 0 Å². The van der Waals surface area contributed by atoms with Crippen molar-refractivity contribution in [1.29, 1.82) is 0 Å². The van der Waals surface area contributed by atoms with Crippen LogP contribution in [0.1, 0.15) is 16.7 Å². The molecule has 126 valence electrons. The Balaban J connectivity index is 1.90. The highest BCUT2D eigenvalue weighted by Gasteiger charge is 2.15. The van der Waals surface area contributed by atoms with Crippen LogP contribution in [0.5, 0.6) is 5.75 Å². The standard InChI is InChI=1S/C20H25N3O/c1-23(2)12-10-15-7-8-20(19-14-21-11-9-18(15)19)22-16-5-4-6-17(13-16)24-3/h4-8,13-14,22H,9-12H2,1-3H3. The lowest BCUT2D eigenvalue weighted by molar-refractivity contribution is 0.413. The van der Waals surface area contributed by atoms with E-state index in [1.165, 1.54) is 16.7 Å². The van der Waals surface area contributed by atoms with Gasteiger partial charge in [0.15, 0.2) is 0 Å². The molecule has 1 aliphatic heterocycles. The third kappa shape index (κ3) is 3.77. The van der Waals surface area contributed by atoms with Crippen LogP contribution in [0.2, 0.25) is 0 Å². The van der Waals surface area contributed by atoms with Crippen molar-refractivity contribution in [3.63, 3.8) is 0 Å². The minimum absolute atomic E-state index is 0.852. The number of hydrogen-bond acceptors (Lipinski definition) is 4. The molecule has 2 aromatic rings. The lowest BCUT2D eigenvalue weighted by Gasteiger charge is -2.21. The van der Waals surface area contributed by atoms with Gasteiger partial charge in [0.25, 0.3) is 0 Å². The van der Waals surface area contributed by atoms with Crippen LogP contribution in [0.25, 0.3) is 0 Å². The first-order valence-corrected chi connectivity index (χ1v) is 8.38. The summed E-state index contributed by atoms with van der Waals surface area (Å²) in [6.07, 6.45) is 4.10. The van der Waals surface area contributed by atoms with Crippen molar-refractivity contribution >= 4 is 17.6 Å². The van der Waals surface area contributed by atoms with Crippen LogP contribution in [0, 0.1) is 0 Å². The first kappa shape index (κ1) is 16.5. The minimum atomic E-state index is 0.852.